The number of ether oxygens (including phenoxy) is 9. The summed E-state index contributed by atoms with van der Waals surface area (Å²) in [6, 6.07) is -0.353. The fourth-order valence-corrected chi connectivity index (χ4v) is 19.6. The van der Waals surface area contributed by atoms with E-state index in [9.17, 15) is 38.4 Å². The van der Waals surface area contributed by atoms with E-state index in [2.05, 4.69) is 64.4 Å². The van der Waals surface area contributed by atoms with Crippen LogP contribution in [0, 0.1) is 50.2 Å². The molecule has 0 radical (unpaired) electrons. The molecule has 21 heteroatoms. The van der Waals surface area contributed by atoms with Crippen LogP contribution in [0.3, 0.4) is 0 Å². The highest BCUT2D eigenvalue weighted by Gasteiger charge is 2.71. The molecule has 91 heavy (non-hydrogen) atoms. The summed E-state index contributed by atoms with van der Waals surface area (Å²) in [5.41, 5.74) is -1.47. The molecule has 8 aliphatic carbocycles. The first-order valence-corrected chi connectivity index (χ1v) is 34.6. The maximum absolute atomic E-state index is 15.7. The summed E-state index contributed by atoms with van der Waals surface area (Å²) in [7, 11) is 0. The van der Waals surface area contributed by atoms with E-state index in [-0.39, 0.29) is 58.4 Å². The normalized spacial score (nSPS) is 41.0. The van der Waals surface area contributed by atoms with Gasteiger partial charge in [-0.05, 0) is 141 Å². The molecule has 3 N–H and O–H groups in total. The third kappa shape index (κ3) is 13.7. The van der Waals surface area contributed by atoms with Crippen molar-refractivity contribution in [1.82, 2.24) is 16.0 Å². The average Bonchev–Trinajstić information content (AvgIpc) is 0.674. The minimum Gasteiger partial charge on any atom is -0.455 e. The van der Waals surface area contributed by atoms with E-state index in [1.54, 1.807) is 0 Å². The minimum absolute atomic E-state index is 0.0487. The number of hydrogen-bond donors (Lipinski definition) is 3. The van der Waals surface area contributed by atoms with E-state index in [1.807, 2.05) is 6.08 Å². The highest BCUT2D eigenvalue weighted by Crippen LogP contribution is 2.75. The quantitative estimate of drug-likeness (QED) is 0.0783. The van der Waals surface area contributed by atoms with Crippen molar-refractivity contribution in [3.05, 3.63) is 11.6 Å². The Labute approximate surface area is 537 Å². The van der Waals surface area contributed by atoms with Gasteiger partial charge in [-0.15, -0.1) is 0 Å². The third-order valence-corrected chi connectivity index (χ3v) is 24.5. The average molecular weight is 1280 g/mol. The van der Waals surface area contributed by atoms with Gasteiger partial charge in [-0.1, -0.05) is 112 Å². The number of carbonyl (C=O) groups is 9. The first-order chi connectivity index (χ1) is 42.9. The highest BCUT2D eigenvalue weighted by molar-refractivity contribution is 5.96. The minimum atomic E-state index is -1.81. The van der Waals surface area contributed by atoms with Crippen molar-refractivity contribution in [1.29, 1.82) is 0 Å². The van der Waals surface area contributed by atoms with Gasteiger partial charge in [-0.3, -0.25) is 43.2 Å². The molecule has 2 aliphatic heterocycles. The van der Waals surface area contributed by atoms with Gasteiger partial charge in [0, 0.05) is 64.1 Å². The van der Waals surface area contributed by atoms with Gasteiger partial charge in [0.25, 0.3) is 11.8 Å². The van der Waals surface area contributed by atoms with Gasteiger partial charge in [0.1, 0.15) is 12.2 Å². The Balaban J connectivity index is 1.02. The van der Waals surface area contributed by atoms with Crippen molar-refractivity contribution in [2.45, 2.75) is 323 Å². The number of fused-ring (bicyclic) bond motifs is 7. The number of esters is 5. The lowest BCUT2D eigenvalue weighted by Crippen LogP contribution is -2.70. The van der Waals surface area contributed by atoms with Gasteiger partial charge in [0.05, 0.1) is 6.10 Å². The summed E-state index contributed by atoms with van der Waals surface area (Å²) in [6.45, 7) is 21.4. The lowest BCUT2D eigenvalue weighted by molar-refractivity contribution is -0.355. The van der Waals surface area contributed by atoms with Crippen LogP contribution in [0.2, 0.25) is 0 Å². The van der Waals surface area contributed by atoms with Crippen molar-refractivity contribution in [2.75, 3.05) is 0 Å². The van der Waals surface area contributed by atoms with Crippen molar-refractivity contribution in [3.8, 4) is 0 Å². The Morgan fingerprint density at radius 2 is 0.945 bits per heavy atom. The molecule has 10 aliphatic rings. The summed E-state index contributed by atoms with van der Waals surface area (Å²) in [5, 5.41) is 9.64. The Hall–Kier alpha value is -4.99. The third-order valence-electron chi connectivity index (χ3n) is 24.5. The molecular weight excluding hydrogens is 1170 g/mol. The summed E-state index contributed by atoms with van der Waals surface area (Å²) in [4.78, 5) is 126. The Morgan fingerprint density at radius 3 is 1.48 bits per heavy atom. The van der Waals surface area contributed by atoms with Gasteiger partial charge >= 0.3 is 29.8 Å². The maximum atomic E-state index is 15.7. The van der Waals surface area contributed by atoms with Crippen LogP contribution >= 0.6 is 0 Å². The first kappa shape index (κ1) is 68.9. The standard InChI is InChI=1S/C70H105N3O18/c1-38(74)83-51-53(84-39(2)75)58(89-52-54(85-40(3)76)57(86-41(4)77)62(87-42(5)78)90-56(52)61(81)72-44-24-18-14-19-25-44)63(91-55(51)60(80)71-43-22-16-13-17-23-43)88-50-29-30-68(10)49(65(50,6)7)28-31-70(12)59(68)48(79)36-46-47-37-67(9,64(82)73-45-26-20-15-21-27-45)33-32-66(47,8)34-35-69(46,70)11/h36,43-45,47,49-59,62-63H,13-35,37H2,1-12H3,(H,71,80)(H,72,81)(H,73,82). The van der Waals surface area contributed by atoms with Gasteiger partial charge in [-0.25, -0.2) is 0 Å². The maximum Gasteiger partial charge on any atom is 0.305 e. The molecule has 7 saturated carbocycles. The first-order valence-electron chi connectivity index (χ1n) is 34.6. The molecule has 2 heterocycles. The Morgan fingerprint density at radius 1 is 0.473 bits per heavy atom. The lowest BCUT2D eigenvalue weighted by atomic mass is 9.33. The van der Waals surface area contributed by atoms with E-state index in [4.69, 9.17) is 42.6 Å². The lowest BCUT2D eigenvalue weighted by Gasteiger charge is -2.70. The summed E-state index contributed by atoms with van der Waals surface area (Å²) < 4.78 is 57.3. The van der Waals surface area contributed by atoms with E-state index < -0.39 is 131 Å². The van der Waals surface area contributed by atoms with E-state index >= 15 is 4.79 Å². The molecule has 19 atom stereocenters. The summed E-state index contributed by atoms with van der Waals surface area (Å²) in [5.74, 6) is -5.98. The van der Waals surface area contributed by atoms with E-state index in [0.29, 0.717) is 44.9 Å². The Kier molecular flexibility index (Phi) is 20.4. The predicted molar refractivity (Wildman–Crippen MR) is 329 cm³/mol. The SMILES string of the molecule is CC(=O)OC1OC(C(=O)NC2CCCCC2)C(OC2C(OC3CCC4(C)C(CCC5(C)C4C(=O)C=C4C6CC(C)(C(=O)NC7CCCCC7)CCC6(C)CCC45C)C3(C)C)OC(C(=O)NC3CCCCC3)C(OC(C)=O)C2OC(C)=O)C(OC(C)=O)C1OC(C)=O. The number of nitrogens with one attached hydrogen (secondary N) is 3. The van der Waals surface area contributed by atoms with Crippen LogP contribution in [-0.2, 0) is 85.8 Å². The molecule has 0 aromatic rings. The van der Waals surface area contributed by atoms with Crippen molar-refractivity contribution in [3.63, 3.8) is 0 Å². The molecule has 0 aromatic carbocycles. The zero-order chi connectivity index (χ0) is 65.8. The number of hydrogen-bond acceptors (Lipinski definition) is 18. The van der Waals surface area contributed by atoms with Crippen LogP contribution in [0.15, 0.2) is 11.6 Å². The second-order valence-electron chi connectivity index (χ2n) is 31.1. The zero-order valence-corrected chi connectivity index (χ0v) is 56.2. The molecule has 508 valence electrons. The van der Waals surface area contributed by atoms with Gasteiger partial charge in [0.2, 0.25) is 18.3 Å². The molecule has 21 nitrogen and oxygen atoms in total. The van der Waals surface area contributed by atoms with Gasteiger partial charge in [0.15, 0.2) is 42.6 Å². The number of allylic oxidation sites excluding steroid dienone is 2. The monoisotopic (exact) mass is 1280 g/mol. The number of amides is 3. The van der Waals surface area contributed by atoms with Gasteiger partial charge in [-0.2, -0.15) is 0 Å². The summed E-state index contributed by atoms with van der Waals surface area (Å²) >= 11 is 0. The smallest absolute Gasteiger partial charge is 0.305 e. The number of carbonyl (C=O) groups excluding carboxylic acids is 9. The fraction of sp³-hybridized carbons (Fsp3) is 0.843. The van der Waals surface area contributed by atoms with Crippen LogP contribution in [0.5, 0.6) is 0 Å². The van der Waals surface area contributed by atoms with Crippen LogP contribution in [-0.4, -0.2) is 139 Å². The second-order valence-corrected chi connectivity index (χ2v) is 31.1. The fourth-order valence-electron chi connectivity index (χ4n) is 19.6. The molecule has 2 saturated heterocycles. The molecule has 9 fully saturated rings. The van der Waals surface area contributed by atoms with Gasteiger partial charge < -0.3 is 58.6 Å². The summed E-state index contributed by atoms with van der Waals surface area (Å²) in [6.07, 6.45) is 4.10. The second kappa shape index (κ2) is 27.0. The van der Waals surface area contributed by atoms with E-state index in [0.717, 1.165) is 137 Å². The molecule has 0 spiro atoms. The topological polar surface area (TPSA) is 273 Å². The zero-order valence-electron chi connectivity index (χ0n) is 56.2. The van der Waals surface area contributed by atoms with Crippen LogP contribution in [0.25, 0.3) is 0 Å². The largest absolute Gasteiger partial charge is 0.455 e. The predicted octanol–water partition coefficient (Wildman–Crippen LogP) is 9.19. The van der Waals surface area contributed by atoms with Crippen LogP contribution < -0.4 is 16.0 Å². The number of ketones is 1. The van der Waals surface area contributed by atoms with Crippen molar-refractivity contribution >= 4 is 53.4 Å². The van der Waals surface area contributed by atoms with Crippen LogP contribution in [0.1, 0.15) is 237 Å². The van der Waals surface area contributed by atoms with E-state index in [1.165, 1.54) is 12.0 Å². The molecule has 3 amide bonds. The van der Waals surface area contributed by atoms with Crippen LogP contribution in [0.4, 0.5) is 0 Å². The molecule has 0 aromatic heterocycles. The van der Waals surface area contributed by atoms with Crippen molar-refractivity contribution < 1.29 is 85.8 Å². The number of rotatable bonds is 15. The molecular formula is C70H105N3O18. The van der Waals surface area contributed by atoms with Crippen molar-refractivity contribution in [2.24, 2.45) is 50.2 Å². The molecule has 0 bridgehead atoms. The molecule has 19 unspecified atom stereocenters. The Bertz CT molecular complexity index is 2810. The molecule has 10 rings (SSSR count). The highest BCUT2D eigenvalue weighted by atomic mass is 16.8.